The van der Waals surface area contributed by atoms with Crippen molar-refractivity contribution in [2.75, 3.05) is 13.1 Å². The first-order valence-electron chi connectivity index (χ1n) is 8.12. The van der Waals surface area contributed by atoms with Gasteiger partial charge >= 0.3 is 0 Å². The van der Waals surface area contributed by atoms with Crippen LogP contribution in [0.3, 0.4) is 0 Å². The van der Waals surface area contributed by atoms with Gasteiger partial charge in [0.2, 0.25) is 0 Å². The van der Waals surface area contributed by atoms with E-state index >= 15 is 0 Å². The Kier molecular flexibility index (Phi) is 4.02. The van der Waals surface area contributed by atoms with E-state index in [0.717, 1.165) is 24.6 Å². The third kappa shape index (κ3) is 3.01. The summed E-state index contributed by atoms with van der Waals surface area (Å²) in [4.78, 5) is 0. The third-order valence-electron chi connectivity index (χ3n) is 4.84. The minimum Gasteiger partial charge on any atom is -0.490 e. The van der Waals surface area contributed by atoms with Gasteiger partial charge in [-0.1, -0.05) is 38.5 Å². The molecule has 0 bridgehead atoms. The molecule has 1 aliphatic heterocycles. The van der Waals surface area contributed by atoms with Gasteiger partial charge in [-0.05, 0) is 48.8 Å². The molecule has 1 aromatic rings. The van der Waals surface area contributed by atoms with Gasteiger partial charge in [0, 0.05) is 13.0 Å². The van der Waals surface area contributed by atoms with E-state index in [0.29, 0.717) is 11.5 Å². The quantitative estimate of drug-likeness (QED) is 0.851. The Hall–Kier alpha value is -1.02. The molecule has 1 aromatic carbocycles. The second kappa shape index (κ2) is 5.77. The van der Waals surface area contributed by atoms with Gasteiger partial charge in [-0.2, -0.15) is 0 Å². The first kappa shape index (κ1) is 13.9. The summed E-state index contributed by atoms with van der Waals surface area (Å²) in [6.45, 7) is 6.85. The lowest BCUT2D eigenvalue weighted by atomic mass is 9.65. The summed E-state index contributed by atoms with van der Waals surface area (Å²) in [5.41, 5.74) is 1.89. The van der Waals surface area contributed by atoms with Crippen molar-refractivity contribution >= 4 is 0 Å². The Morgan fingerprint density at radius 3 is 2.75 bits per heavy atom. The Bertz CT molecular complexity index is 425. The van der Waals surface area contributed by atoms with E-state index in [1.807, 2.05) is 0 Å². The molecule has 1 N–H and O–H groups in total. The Morgan fingerprint density at radius 2 is 2.10 bits per heavy atom. The van der Waals surface area contributed by atoms with Crippen LogP contribution in [-0.4, -0.2) is 19.2 Å². The van der Waals surface area contributed by atoms with Crippen molar-refractivity contribution in [1.82, 2.24) is 5.32 Å². The summed E-state index contributed by atoms with van der Waals surface area (Å²) in [7, 11) is 0. The fourth-order valence-electron chi connectivity index (χ4n) is 3.61. The molecular weight excluding hydrogens is 246 g/mol. The van der Waals surface area contributed by atoms with Gasteiger partial charge < -0.3 is 10.1 Å². The second-order valence-corrected chi connectivity index (χ2v) is 7.13. The number of nitrogens with one attached hydrogen (secondary N) is 1. The van der Waals surface area contributed by atoms with Gasteiger partial charge in [0.05, 0.1) is 0 Å². The lowest BCUT2D eigenvalue weighted by molar-refractivity contribution is 0.0603. The summed E-state index contributed by atoms with van der Waals surface area (Å²) in [5, 5.41) is 3.67. The summed E-state index contributed by atoms with van der Waals surface area (Å²) < 4.78 is 6.14. The molecule has 0 radical (unpaired) electrons. The van der Waals surface area contributed by atoms with Crippen molar-refractivity contribution in [2.24, 2.45) is 11.3 Å². The molecule has 20 heavy (non-hydrogen) atoms. The highest BCUT2D eigenvalue weighted by atomic mass is 16.5. The molecule has 1 aliphatic carbocycles. The normalized spacial score (nSPS) is 23.2. The smallest absolute Gasteiger partial charge is 0.123 e. The number of rotatable bonds is 6. The van der Waals surface area contributed by atoms with Crippen LogP contribution in [0.15, 0.2) is 24.3 Å². The fourth-order valence-corrected chi connectivity index (χ4v) is 3.61. The Balaban J connectivity index is 1.54. The maximum absolute atomic E-state index is 6.14. The van der Waals surface area contributed by atoms with E-state index in [9.17, 15) is 0 Å². The fraction of sp³-hybridized carbons (Fsp3) is 0.667. The number of ether oxygens (including phenoxy) is 1. The predicted molar refractivity (Wildman–Crippen MR) is 83.2 cm³/mol. The van der Waals surface area contributed by atoms with Gasteiger partial charge in [-0.3, -0.25) is 0 Å². The van der Waals surface area contributed by atoms with E-state index in [1.54, 1.807) is 0 Å². The molecule has 2 nitrogen and oxygen atoms in total. The van der Waals surface area contributed by atoms with Gasteiger partial charge in [0.15, 0.2) is 0 Å². The summed E-state index contributed by atoms with van der Waals surface area (Å²) in [5.74, 6) is 1.85. The number of hydrogen-bond donors (Lipinski definition) is 1. The predicted octanol–water partition coefficient (Wildman–Crippen LogP) is 3.80. The zero-order chi connectivity index (χ0) is 14.0. The van der Waals surface area contributed by atoms with Crippen molar-refractivity contribution < 1.29 is 4.74 Å². The highest BCUT2D eigenvalue weighted by Crippen LogP contribution is 2.46. The number of para-hydroxylation sites is 1. The zero-order valence-electron chi connectivity index (χ0n) is 12.8. The lowest BCUT2D eigenvalue weighted by Crippen LogP contribution is -2.43. The molecule has 110 valence electrons. The van der Waals surface area contributed by atoms with E-state index < -0.39 is 0 Å². The van der Waals surface area contributed by atoms with E-state index in [1.165, 1.54) is 37.8 Å². The van der Waals surface area contributed by atoms with Crippen LogP contribution in [0.25, 0.3) is 0 Å². The molecule has 0 spiro atoms. The lowest BCUT2D eigenvalue weighted by Gasteiger charge is -2.43. The van der Waals surface area contributed by atoms with Crippen molar-refractivity contribution in [3.63, 3.8) is 0 Å². The monoisotopic (exact) mass is 273 g/mol. The Morgan fingerprint density at radius 1 is 1.30 bits per heavy atom. The minimum absolute atomic E-state index is 0.397. The highest BCUT2D eigenvalue weighted by molar-refractivity contribution is 5.37. The van der Waals surface area contributed by atoms with Crippen LogP contribution in [0.2, 0.25) is 0 Å². The molecular formula is C18H27NO. The van der Waals surface area contributed by atoms with Crippen molar-refractivity contribution in [1.29, 1.82) is 0 Å². The molecule has 1 atom stereocenters. The van der Waals surface area contributed by atoms with Crippen LogP contribution in [0.1, 0.15) is 45.1 Å². The van der Waals surface area contributed by atoms with Gasteiger partial charge in [-0.25, -0.2) is 0 Å². The van der Waals surface area contributed by atoms with Crippen LogP contribution < -0.4 is 10.1 Å². The molecule has 0 amide bonds. The molecule has 1 fully saturated rings. The summed E-state index contributed by atoms with van der Waals surface area (Å²) in [6, 6.07) is 8.51. The van der Waals surface area contributed by atoms with Gasteiger partial charge in [0.25, 0.3) is 0 Å². The van der Waals surface area contributed by atoms with Crippen molar-refractivity contribution in [2.45, 2.75) is 52.1 Å². The number of benzene rings is 1. The van der Waals surface area contributed by atoms with E-state index in [4.69, 9.17) is 4.74 Å². The molecule has 3 rings (SSSR count). The maximum Gasteiger partial charge on any atom is 0.123 e. The molecule has 1 unspecified atom stereocenters. The molecule has 1 heterocycles. The summed E-state index contributed by atoms with van der Waals surface area (Å²) >= 11 is 0. The van der Waals surface area contributed by atoms with Crippen molar-refractivity contribution in [3.8, 4) is 5.75 Å². The van der Waals surface area contributed by atoms with Crippen LogP contribution in [0.4, 0.5) is 0 Å². The van der Waals surface area contributed by atoms with Gasteiger partial charge in [0.1, 0.15) is 11.9 Å². The SMILES string of the molecule is CC(C)CNCC1(CC2Cc3ccccc3O2)CCC1. The molecule has 0 aromatic heterocycles. The molecule has 0 saturated heterocycles. The average Bonchev–Trinajstić information content (AvgIpc) is 2.77. The molecule has 2 aliphatic rings. The summed E-state index contributed by atoms with van der Waals surface area (Å²) in [6.07, 6.45) is 6.84. The topological polar surface area (TPSA) is 21.3 Å². The first-order chi connectivity index (χ1) is 9.67. The van der Waals surface area contributed by atoms with Crippen LogP contribution in [0, 0.1) is 11.3 Å². The standard InChI is InChI=1S/C18H27NO/c1-14(2)12-19-13-18(8-5-9-18)11-16-10-15-6-3-4-7-17(15)20-16/h3-4,6-7,14,16,19H,5,8-13H2,1-2H3. The third-order valence-corrected chi connectivity index (χ3v) is 4.84. The first-order valence-corrected chi connectivity index (χ1v) is 8.12. The maximum atomic E-state index is 6.14. The highest BCUT2D eigenvalue weighted by Gasteiger charge is 2.40. The number of hydrogen-bond acceptors (Lipinski definition) is 2. The van der Waals surface area contributed by atoms with Crippen LogP contribution >= 0.6 is 0 Å². The number of fused-ring (bicyclic) bond motifs is 1. The zero-order valence-corrected chi connectivity index (χ0v) is 12.8. The van der Waals surface area contributed by atoms with E-state index in [-0.39, 0.29) is 0 Å². The van der Waals surface area contributed by atoms with Crippen LogP contribution in [0.5, 0.6) is 5.75 Å². The average molecular weight is 273 g/mol. The second-order valence-electron chi connectivity index (χ2n) is 7.13. The largest absolute Gasteiger partial charge is 0.490 e. The van der Waals surface area contributed by atoms with E-state index in [2.05, 4.69) is 43.4 Å². The van der Waals surface area contributed by atoms with Crippen molar-refractivity contribution in [3.05, 3.63) is 29.8 Å². The molecule has 2 heteroatoms. The van der Waals surface area contributed by atoms with Crippen LogP contribution in [-0.2, 0) is 6.42 Å². The van der Waals surface area contributed by atoms with Gasteiger partial charge in [-0.15, -0.1) is 0 Å². The Labute approximate surface area is 122 Å². The molecule has 1 saturated carbocycles. The minimum atomic E-state index is 0.397.